The molecule has 1 aliphatic heterocycles. The predicted octanol–water partition coefficient (Wildman–Crippen LogP) is 7.45. The summed E-state index contributed by atoms with van der Waals surface area (Å²) >= 11 is 0. The van der Waals surface area contributed by atoms with Gasteiger partial charge in [-0.1, -0.05) is 72.8 Å². The lowest BCUT2D eigenvalue weighted by Crippen LogP contribution is -2.50. The molecule has 0 aromatic heterocycles. The first-order chi connectivity index (χ1) is 18.0. The lowest BCUT2D eigenvalue weighted by molar-refractivity contribution is -0.170. The Morgan fingerprint density at radius 1 is 0.757 bits per heavy atom. The molecule has 0 radical (unpaired) electrons. The molecule has 190 valence electrons. The van der Waals surface area contributed by atoms with Crippen LogP contribution >= 0.6 is 0 Å². The van der Waals surface area contributed by atoms with E-state index >= 15 is 0 Å². The van der Waals surface area contributed by atoms with Gasteiger partial charge < -0.3 is 19.5 Å². The standard InChI is InChI=1S/C32H32FNO3/c1-32(2)31(36-22-25-14-9-15-26(33)18-25)30(35-21-24-12-7-4-8-13-24)28-19-27(16-17-29(28)37-32)34-20-23-10-5-3-6-11-23/h3-19,30-31,34H,20-22H2,1-2H3. The lowest BCUT2D eigenvalue weighted by atomic mass is 9.87. The SMILES string of the molecule is CC1(C)Oc2ccc(NCc3ccccc3)cc2C(OCc2ccccc2)C1OCc1cccc(F)c1. The van der Waals surface area contributed by atoms with E-state index in [1.807, 2.05) is 80.6 Å². The molecule has 37 heavy (non-hydrogen) atoms. The van der Waals surface area contributed by atoms with Gasteiger partial charge in [0.2, 0.25) is 0 Å². The van der Waals surface area contributed by atoms with Crippen molar-refractivity contribution in [1.29, 1.82) is 0 Å². The van der Waals surface area contributed by atoms with E-state index in [2.05, 4.69) is 23.5 Å². The Balaban J connectivity index is 1.42. The number of fused-ring (bicyclic) bond motifs is 1. The molecule has 1 heterocycles. The monoisotopic (exact) mass is 497 g/mol. The molecule has 0 fully saturated rings. The number of nitrogens with one attached hydrogen (secondary N) is 1. The van der Waals surface area contributed by atoms with E-state index in [1.54, 1.807) is 6.07 Å². The fraction of sp³-hybridized carbons (Fsp3) is 0.250. The first-order valence-corrected chi connectivity index (χ1v) is 12.6. The predicted molar refractivity (Wildman–Crippen MR) is 144 cm³/mol. The van der Waals surface area contributed by atoms with E-state index in [0.717, 1.165) is 28.1 Å². The Morgan fingerprint density at radius 2 is 1.43 bits per heavy atom. The smallest absolute Gasteiger partial charge is 0.132 e. The zero-order chi connectivity index (χ0) is 25.7. The van der Waals surface area contributed by atoms with Crippen LogP contribution in [0, 0.1) is 5.82 Å². The van der Waals surface area contributed by atoms with Crippen LogP contribution in [-0.2, 0) is 29.2 Å². The van der Waals surface area contributed by atoms with E-state index in [-0.39, 0.29) is 18.5 Å². The van der Waals surface area contributed by atoms with Crippen molar-refractivity contribution in [3.05, 3.63) is 131 Å². The highest BCUT2D eigenvalue weighted by Crippen LogP contribution is 2.45. The molecule has 0 aliphatic carbocycles. The summed E-state index contributed by atoms with van der Waals surface area (Å²) in [5.41, 5.74) is 4.28. The zero-order valence-corrected chi connectivity index (χ0v) is 21.2. The Labute approximate surface area is 218 Å². The molecule has 0 amide bonds. The highest BCUT2D eigenvalue weighted by molar-refractivity contribution is 5.54. The summed E-state index contributed by atoms with van der Waals surface area (Å²) < 4.78 is 33.2. The van der Waals surface area contributed by atoms with Crippen LogP contribution in [0.1, 0.15) is 42.2 Å². The summed E-state index contributed by atoms with van der Waals surface area (Å²) in [4.78, 5) is 0. The van der Waals surface area contributed by atoms with Crippen molar-refractivity contribution in [2.24, 2.45) is 0 Å². The molecule has 1 N–H and O–H groups in total. The number of hydrogen-bond donors (Lipinski definition) is 1. The average molecular weight is 498 g/mol. The van der Waals surface area contributed by atoms with Gasteiger partial charge in [0.25, 0.3) is 0 Å². The molecule has 0 saturated carbocycles. The normalized spacial score (nSPS) is 18.0. The molecular formula is C32H32FNO3. The maximum absolute atomic E-state index is 13.8. The average Bonchev–Trinajstić information content (AvgIpc) is 2.90. The number of ether oxygens (including phenoxy) is 3. The first kappa shape index (κ1) is 25.0. The molecule has 1 aliphatic rings. The summed E-state index contributed by atoms with van der Waals surface area (Å²) in [6.07, 6.45) is -0.803. The second-order valence-corrected chi connectivity index (χ2v) is 9.88. The topological polar surface area (TPSA) is 39.7 Å². The van der Waals surface area contributed by atoms with E-state index in [1.165, 1.54) is 17.7 Å². The van der Waals surface area contributed by atoms with Crippen molar-refractivity contribution < 1.29 is 18.6 Å². The Kier molecular flexibility index (Phi) is 7.54. The van der Waals surface area contributed by atoms with Crippen molar-refractivity contribution in [1.82, 2.24) is 0 Å². The second kappa shape index (κ2) is 11.2. The van der Waals surface area contributed by atoms with Gasteiger partial charge in [-0.05, 0) is 60.9 Å². The quantitative estimate of drug-likeness (QED) is 0.261. The molecular weight excluding hydrogens is 465 g/mol. The molecule has 5 rings (SSSR count). The number of hydrogen-bond acceptors (Lipinski definition) is 4. The number of benzene rings is 4. The van der Waals surface area contributed by atoms with Crippen molar-refractivity contribution in [3.8, 4) is 5.75 Å². The molecule has 5 heteroatoms. The molecule has 4 aromatic rings. The van der Waals surface area contributed by atoms with Crippen LogP contribution in [0.3, 0.4) is 0 Å². The summed E-state index contributed by atoms with van der Waals surface area (Å²) in [6, 6.07) is 33.0. The van der Waals surface area contributed by atoms with Gasteiger partial charge in [-0.2, -0.15) is 0 Å². The summed E-state index contributed by atoms with van der Waals surface area (Å²) in [5, 5.41) is 3.51. The van der Waals surface area contributed by atoms with Crippen LogP contribution in [0.4, 0.5) is 10.1 Å². The van der Waals surface area contributed by atoms with Crippen LogP contribution in [0.25, 0.3) is 0 Å². The number of rotatable bonds is 9. The van der Waals surface area contributed by atoms with E-state index in [0.29, 0.717) is 13.2 Å². The maximum atomic E-state index is 13.8. The van der Waals surface area contributed by atoms with Gasteiger partial charge in [0.05, 0.1) is 13.2 Å². The highest BCUT2D eigenvalue weighted by atomic mass is 19.1. The van der Waals surface area contributed by atoms with Gasteiger partial charge in [-0.25, -0.2) is 4.39 Å². The molecule has 0 bridgehead atoms. The van der Waals surface area contributed by atoms with Crippen LogP contribution in [0.2, 0.25) is 0 Å². The van der Waals surface area contributed by atoms with Gasteiger partial charge >= 0.3 is 0 Å². The number of anilines is 1. The fourth-order valence-corrected chi connectivity index (χ4v) is 4.68. The molecule has 2 atom stereocenters. The van der Waals surface area contributed by atoms with Gasteiger partial charge in [-0.15, -0.1) is 0 Å². The third kappa shape index (κ3) is 6.19. The zero-order valence-electron chi connectivity index (χ0n) is 21.2. The molecule has 4 aromatic carbocycles. The fourth-order valence-electron chi connectivity index (χ4n) is 4.68. The molecule has 0 saturated heterocycles. The van der Waals surface area contributed by atoms with Crippen molar-refractivity contribution >= 4 is 5.69 Å². The Hall–Kier alpha value is -3.67. The Morgan fingerprint density at radius 3 is 2.16 bits per heavy atom. The van der Waals surface area contributed by atoms with Crippen LogP contribution in [0.15, 0.2) is 103 Å². The van der Waals surface area contributed by atoms with Crippen LogP contribution in [-0.4, -0.2) is 11.7 Å². The van der Waals surface area contributed by atoms with Gasteiger partial charge in [0, 0.05) is 17.8 Å². The first-order valence-electron chi connectivity index (χ1n) is 12.6. The van der Waals surface area contributed by atoms with Crippen molar-refractivity contribution in [2.75, 3.05) is 5.32 Å². The summed E-state index contributed by atoms with van der Waals surface area (Å²) in [6.45, 7) is 5.41. The van der Waals surface area contributed by atoms with Crippen molar-refractivity contribution in [3.63, 3.8) is 0 Å². The highest BCUT2D eigenvalue weighted by Gasteiger charge is 2.45. The van der Waals surface area contributed by atoms with Gasteiger partial charge in [-0.3, -0.25) is 0 Å². The van der Waals surface area contributed by atoms with E-state index in [4.69, 9.17) is 14.2 Å². The summed E-state index contributed by atoms with van der Waals surface area (Å²) in [7, 11) is 0. The van der Waals surface area contributed by atoms with Crippen LogP contribution in [0.5, 0.6) is 5.75 Å². The largest absolute Gasteiger partial charge is 0.485 e. The summed E-state index contributed by atoms with van der Waals surface area (Å²) in [5.74, 6) is 0.496. The third-order valence-electron chi connectivity index (χ3n) is 6.58. The van der Waals surface area contributed by atoms with E-state index in [9.17, 15) is 4.39 Å². The molecule has 4 nitrogen and oxygen atoms in total. The molecule has 2 unspecified atom stereocenters. The minimum absolute atomic E-state index is 0.252. The Bertz CT molecular complexity index is 1310. The van der Waals surface area contributed by atoms with Crippen molar-refractivity contribution in [2.45, 2.75) is 51.4 Å². The van der Waals surface area contributed by atoms with Gasteiger partial charge in [0.1, 0.15) is 29.4 Å². The minimum Gasteiger partial charge on any atom is -0.485 e. The van der Waals surface area contributed by atoms with Gasteiger partial charge in [0.15, 0.2) is 0 Å². The molecule has 0 spiro atoms. The minimum atomic E-state index is -0.666. The second-order valence-electron chi connectivity index (χ2n) is 9.88. The lowest BCUT2D eigenvalue weighted by Gasteiger charge is -2.44. The third-order valence-corrected chi connectivity index (χ3v) is 6.58. The van der Waals surface area contributed by atoms with E-state index < -0.39 is 11.7 Å². The number of halogens is 1. The van der Waals surface area contributed by atoms with Crippen LogP contribution < -0.4 is 10.1 Å². The maximum Gasteiger partial charge on any atom is 0.132 e.